The van der Waals surface area contributed by atoms with Crippen LogP contribution in [0.2, 0.25) is 0 Å². The van der Waals surface area contributed by atoms with Crippen LogP contribution in [0.1, 0.15) is 0 Å². The number of benzene rings is 3. The van der Waals surface area contributed by atoms with Crippen LogP contribution in [-0.4, -0.2) is 19.6 Å². The van der Waals surface area contributed by atoms with Crippen molar-refractivity contribution in [2.45, 2.75) is 4.90 Å². The predicted octanol–water partition coefficient (Wildman–Crippen LogP) is 3.94. The van der Waals surface area contributed by atoms with Gasteiger partial charge in [0.05, 0.1) is 9.82 Å². The summed E-state index contributed by atoms with van der Waals surface area (Å²) in [6, 6.07) is 16.6. The first-order valence-corrected chi connectivity index (χ1v) is 8.89. The molecule has 0 unspecified atom stereocenters. The number of nitro groups is 1. The van der Waals surface area contributed by atoms with Crippen molar-refractivity contribution < 1.29 is 18.1 Å². The summed E-state index contributed by atoms with van der Waals surface area (Å²) in [6.07, 6.45) is 0.996. The highest BCUT2D eigenvalue weighted by Gasteiger charge is 2.20. The van der Waals surface area contributed by atoms with Gasteiger partial charge in [0.1, 0.15) is 5.75 Å². The number of hydrogen-bond donors (Lipinski definition) is 0. The monoisotopic (exact) mass is 343 g/mol. The Morgan fingerprint density at radius 1 is 0.958 bits per heavy atom. The molecule has 0 N–H and O–H groups in total. The van der Waals surface area contributed by atoms with E-state index in [-0.39, 0.29) is 10.6 Å². The number of rotatable bonds is 4. The summed E-state index contributed by atoms with van der Waals surface area (Å²) in [6.45, 7) is 0. The van der Waals surface area contributed by atoms with Crippen molar-refractivity contribution in [3.8, 4) is 11.5 Å². The van der Waals surface area contributed by atoms with Crippen molar-refractivity contribution >= 4 is 26.3 Å². The van der Waals surface area contributed by atoms with Crippen molar-refractivity contribution in [2.24, 2.45) is 0 Å². The van der Waals surface area contributed by atoms with Crippen molar-refractivity contribution in [2.75, 3.05) is 6.26 Å². The van der Waals surface area contributed by atoms with E-state index in [2.05, 4.69) is 0 Å². The zero-order valence-electron chi connectivity index (χ0n) is 12.7. The van der Waals surface area contributed by atoms with Crippen LogP contribution in [-0.2, 0) is 9.84 Å². The standard InChI is InChI=1S/C17H13NO5S/c1-24(21,22)15-8-9-17(16(11-15)18(19)20)23-14-7-6-12-4-2-3-5-13(12)10-14/h2-11H,1H3. The van der Waals surface area contributed by atoms with Gasteiger partial charge in [-0.25, -0.2) is 8.42 Å². The number of fused-ring (bicyclic) bond motifs is 1. The Morgan fingerprint density at radius 3 is 2.33 bits per heavy atom. The molecule has 0 saturated heterocycles. The molecule has 6 nitrogen and oxygen atoms in total. The van der Waals surface area contributed by atoms with Crippen LogP contribution in [0.25, 0.3) is 10.8 Å². The van der Waals surface area contributed by atoms with E-state index in [1.54, 1.807) is 12.1 Å². The first-order chi connectivity index (χ1) is 11.3. The number of sulfone groups is 1. The molecule has 0 spiro atoms. The molecule has 0 radical (unpaired) electrons. The van der Waals surface area contributed by atoms with Gasteiger partial charge in [-0.15, -0.1) is 0 Å². The van der Waals surface area contributed by atoms with Gasteiger partial charge in [0, 0.05) is 12.3 Å². The highest BCUT2D eigenvalue weighted by atomic mass is 32.2. The Labute approximate surface area is 138 Å². The van der Waals surface area contributed by atoms with E-state index in [0.717, 1.165) is 23.1 Å². The molecule has 3 aromatic carbocycles. The summed E-state index contributed by atoms with van der Waals surface area (Å²) in [7, 11) is -3.54. The number of hydrogen-bond acceptors (Lipinski definition) is 5. The van der Waals surface area contributed by atoms with Crippen LogP contribution >= 0.6 is 0 Å². The van der Waals surface area contributed by atoms with Crippen molar-refractivity contribution in [3.05, 3.63) is 70.8 Å². The predicted molar refractivity (Wildman–Crippen MR) is 90.2 cm³/mol. The van der Waals surface area contributed by atoms with Gasteiger partial charge in [0.2, 0.25) is 5.75 Å². The van der Waals surface area contributed by atoms with Crippen molar-refractivity contribution in [1.29, 1.82) is 0 Å². The highest BCUT2D eigenvalue weighted by Crippen LogP contribution is 2.34. The molecular formula is C17H13NO5S. The van der Waals surface area contributed by atoms with Gasteiger partial charge in [-0.05, 0) is 35.0 Å². The fourth-order valence-electron chi connectivity index (χ4n) is 2.31. The van der Waals surface area contributed by atoms with E-state index >= 15 is 0 Å². The summed E-state index contributed by atoms with van der Waals surface area (Å²) in [5.74, 6) is 0.423. The third-order valence-corrected chi connectivity index (χ3v) is 4.61. The Balaban J connectivity index is 2.03. The molecule has 0 saturated carbocycles. The average molecular weight is 343 g/mol. The number of ether oxygens (including phenoxy) is 1. The Bertz CT molecular complexity index is 1040. The molecule has 3 aromatic rings. The molecule has 0 aliphatic carbocycles. The van der Waals surface area contributed by atoms with Crippen LogP contribution in [0.4, 0.5) is 5.69 Å². The van der Waals surface area contributed by atoms with E-state index in [1.165, 1.54) is 12.1 Å². The van der Waals surface area contributed by atoms with Crippen LogP contribution in [0.15, 0.2) is 65.6 Å². The second-order valence-electron chi connectivity index (χ2n) is 5.27. The zero-order valence-corrected chi connectivity index (χ0v) is 13.5. The zero-order chi connectivity index (χ0) is 17.3. The molecule has 0 aliphatic rings. The van der Waals surface area contributed by atoms with E-state index in [1.807, 2.05) is 30.3 Å². The molecule has 0 atom stereocenters. The van der Waals surface area contributed by atoms with Gasteiger partial charge in [0.15, 0.2) is 9.84 Å². The number of nitrogens with zero attached hydrogens (tertiary/aromatic N) is 1. The molecule has 122 valence electrons. The smallest absolute Gasteiger partial charge is 0.312 e. The van der Waals surface area contributed by atoms with Gasteiger partial charge in [-0.2, -0.15) is 0 Å². The van der Waals surface area contributed by atoms with Gasteiger partial charge >= 0.3 is 5.69 Å². The lowest BCUT2D eigenvalue weighted by atomic mass is 10.1. The van der Waals surface area contributed by atoms with Crippen molar-refractivity contribution in [3.63, 3.8) is 0 Å². The lowest BCUT2D eigenvalue weighted by Gasteiger charge is -2.08. The molecule has 0 fully saturated rings. The van der Waals surface area contributed by atoms with Gasteiger partial charge in [-0.3, -0.25) is 10.1 Å². The molecule has 3 rings (SSSR count). The summed E-state index contributed by atoms with van der Waals surface area (Å²) in [5, 5.41) is 13.2. The Kier molecular flexibility index (Phi) is 3.94. The lowest BCUT2D eigenvalue weighted by Crippen LogP contribution is -2.00. The molecule has 0 aliphatic heterocycles. The fraction of sp³-hybridized carbons (Fsp3) is 0.0588. The summed E-state index contributed by atoms with van der Waals surface area (Å²) < 4.78 is 28.7. The maximum atomic E-state index is 11.6. The Hall–Kier alpha value is -2.93. The summed E-state index contributed by atoms with van der Waals surface area (Å²) in [4.78, 5) is 10.4. The van der Waals surface area contributed by atoms with Gasteiger partial charge in [-0.1, -0.05) is 30.3 Å². The van der Waals surface area contributed by atoms with E-state index in [0.29, 0.717) is 5.75 Å². The minimum atomic E-state index is -3.54. The first kappa shape index (κ1) is 15.9. The van der Waals surface area contributed by atoms with Crippen LogP contribution in [0.3, 0.4) is 0 Å². The molecule has 0 amide bonds. The minimum absolute atomic E-state index is 0.0114. The second-order valence-corrected chi connectivity index (χ2v) is 7.29. The lowest BCUT2D eigenvalue weighted by molar-refractivity contribution is -0.385. The first-order valence-electron chi connectivity index (χ1n) is 7.00. The van der Waals surface area contributed by atoms with Gasteiger partial charge < -0.3 is 4.74 Å². The molecule has 0 bridgehead atoms. The quantitative estimate of drug-likeness (QED) is 0.529. The molecule has 24 heavy (non-hydrogen) atoms. The van der Waals surface area contributed by atoms with Crippen LogP contribution < -0.4 is 4.74 Å². The maximum Gasteiger partial charge on any atom is 0.312 e. The summed E-state index contributed by atoms with van der Waals surface area (Å²) >= 11 is 0. The van der Waals surface area contributed by atoms with E-state index < -0.39 is 20.4 Å². The maximum absolute atomic E-state index is 11.6. The topological polar surface area (TPSA) is 86.5 Å². The van der Waals surface area contributed by atoms with E-state index in [9.17, 15) is 18.5 Å². The van der Waals surface area contributed by atoms with E-state index in [4.69, 9.17) is 4.74 Å². The van der Waals surface area contributed by atoms with Crippen LogP contribution in [0, 0.1) is 10.1 Å². The normalized spacial score (nSPS) is 11.4. The second kappa shape index (κ2) is 5.93. The SMILES string of the molecule is CS(=O)(=O)c1ccc(Oc2ccc3ccccc3c2)c([N+](=O)[O-])c1. The largest absolute Gasteiger partial charge is 0.450 e. The molecule has 7 heteroatoms. The minimum Gasteiger partial charge on any atom is -0.450 e. The highest BCUT2D eigenvalue weighted by molar-refractivity contribution is 7.90. The molecule has 0 aromatic heterocycles. The summed E-state index contributed by atoms with van der Waals surface area (Å²) in [5.41, 5.74) is -0.397. The van der Waals surface area contributed by atoms with Crippen LogP contribution in [0.5, 0.6) is 11.5 Å². The third kappa shape index (κ3) is 3.21. The molecular weight excluding hydrogens is 330 g/mol. The van der Waals surface area contributed by atoms with Crippen molar-refractivity contribution in [1.82, 2.24) is 0 Å². The third-order valence-electron chi connectivity index (χ3n) is 3.50. The number of nitro benzene ring substituents is 1. The Morgan fingerprint density at radius 2 is 1.67 bits per heavy atom. The fourth-order valence-corrected chi connectivity index (χ4v) is 2.96. The van der Waals surface area contributed by atoms with Gasteiger partial charge in [0.25, 0.3) is 0 Å². The molecule has 0 heterocycles. The average Bonchev–Trinajstić information content (AvgIpc) is 2.54.